The van der Waals surface area contributed by atoms with Gasteiger partial charge in [-0.25, -0.2) is 0 Å². The van der Waals surface area contributed by atoms with Gasteiger partial charge in [-0.3, -0.25) is 13.9 Å². The molecule has 1 heterocycles. The fourth-order valence-electron chi connectivity index (χ4n) is 5.68. The quantitative estimate of drug-likeness (QED) is 0.131. The standard InChI is InChI=1S/C31H40F5NO6S/c1-29(22-8-10-23(38)11-9-22)21-43-27-19-24(39)12-13-25(27)26(29)7-3-2-4-15-37(20-28(40)41)16-6-18-44(42)17-5-14-30(32,33)31(34,35)36/h8-13,19,26,38-39H,2-7,14-18,20-21H2,1H3,(H,40,41)/t26-,29-,44?/m1/s1. The van der Waals surface area contributed by atoms with E-state index in [0.717, 1.165) is 30.4 Å². The number of carbonyl (C=O) groups is 1. The van der Waals surface area contributed by atoms with Gasteiger partial charge >= 0.3 is 18.1 Å². The molecule has 0 aliphatic carbocycles. The first kappa shape index (κ1) is 35.5. The highest BCUT2D eigenvalue weighted by Crippen LogP contribution is 2.49. The molecule has 3 atom stereocenters. The average Bonchev–Trinajstić information content (AvgIpc) is 2.93. The van der Waals surface area contributed by atoms with E-state index in [-0.39, 0.29) is 35.5 Å². The van der Waals surface area contributed by atoms with Crippen LogP contribution in [0.15, 0.2) is 42.5 Å². The first-order chi connectivity index (χ1) is 20.6. The highest BCUT2D eigenvalue weighted by Gasteiger charge is 2.56. The Balaban J connectivity index is 1.50. The van der Waals surface area contributed by atoms with E-state index in [9.17, 15) is 46.3 Å². The minimum atomic E-state index is -5.63. The van der Waals surface area contributed by atoms with Crippen molar-refractivity contribution >= 4 is 16.8 Å². The number of alkyl halides is 5. The number of rotatable bonds is 17. The maximum Gasteiger partial charge on any atom is 0.453 e. The maximum atomic E-state index is 13.0. The zero-order chi connectivity index (χ0) is 32.5. The summed E-state index contributed by atoms with van der Waals surface area (Å²) in [6, 6.07) is 12.1. The van der Waals surface area contributed by atoms with Crippen molar-refractivity contribution in [3.63, 3.8) is 0 Å². The summed E-state index contributed by atoms with van der Waals surface area (Å²) in [4.78, 5) is 13.1. The fraction of sp³-hybridized carbons (Fsp3) is 0.581. The molecule has 2 aromatic rings. The molecule has 0 aromatic heterocycles. The molecule has 7 nitrogen and oxygen atoms in total. The predicted octanol–water partition coefficient (Wildman–Crippen LogP) is 6.60. The Morgan fingerprint density at radius 1 is 0.955 bits per heavy atom. The number of aliphatic carboxylic acids is 1. The van der Waals surface area contributed by atoms with Crippen LogP contribution in [0.3, 0.4) is 0 Å². The number of aromatic hydroxyl groups is 2. The van der Waals surface area contributed by atoms with Gasteiger partial charge in [0.15, 0.2) is 0 Å². The Bertz CT molecular complexity index is 1260. The van der Waals surface area contributed by atoms with Crippen LogP contribution >= 0.6 is 0 Å². The van der Waals surface area contributed by atoms with Crippen LogP contribution in [-0.4, -0.2) is 80.2 Å². The predicted molar refractivity (Wildman–Crippen MR) is 157 cm³/mol. The average molecular weight is 650 g/mol. The lowest BCUT2D eigenvalue weighted by Crippen LogP contribution is -2.40. The summed E-state index contributed by atoms with van der Waals surface area (Å²) in [5.74, 6) is -5.06. The third-order valence-electron chi connectivity index (χ3n) is 8.15. The van der Waals surface area contributed by atoms with E-state index in [2.05, 4.69) is 6.92 Å². The summed E-state index contributed by atoms with van der Waals surface area (Å²) in [5.41, 5.74) is 1.59. The van der Waals surface area contributed by atoms with Crippen molar-refractivity contribution in [3.8, 4) is 17.2 Å². The van der Waals surface area contributed by atoms with Gasteiger partial charge in [0, 0.05) is 46.1 Å². The monoisotopic (exact) mass is 649 g/mol. The molecule has 3 rings (SSSR count). The molecule has 2 aromatic carbocycles. The number of halogens is 5. The van der Waals surface area contributed by atoms with Gasteiger partial charge in [0.1, 0.15) is 17.2 Å². The molecule has 0 bridgehead atoms. The Morgan fingerprint density at radius 3 is 2.25 bits per heavy atom. The molecule has 13 heteroatoms. The van der Waals surface area contributed by atoms with E-state index in [1.165, 1.54) is 0 Å². The normalized spacial score (nSPS) is 19.4. The van der Waals surface area contributed by atoms with Crippen molar-refractivity contribution in [1.82, 2.24) is 4.90 Å². The summed E-state index contributed by atoms with van der Waals surface area (Å²) in [6.45, 7) is 3.06. The lowest BCUT2D eigenvalue weighted by molar-refractivity contribution is -0.284. The van der Waals surface area contributed by atoms with Crippen molar-refractivity contribution in [2.24, 2.45) is 0 Å². The van der Waals surface area contributed by atoms with Crippen LogP contribution in [0.4, 0.5) is 22.0 Å². The number of ether oxygens (including phenoxy) is 1. The summed E-state index contributed by atoms with van der Waals surface area (Å²) in [7, 11) is -1.58. The van der Waals surface area contributed by atoms with E-state index in [1.54, 1.807) is 29.2 Å². The molecule has 0 spiro atoms. The van der Waals surface area contributed by atoms with Crippen molar-refractivity contribution in [1.29, 1.82) is 0 Å². The maximum absolute atomic E-state index is 13.0. The first-order valence-electron chi connectivity index (χ1n) is 14.6. The number of fused-ring (bicyclic) bond motifs is 1. The van der Waals surface area contributed by atoms with Crippen molar-refractivity contribution in [3.05, 3.63) is 53.6 Å². The zero-order valence-electron chi connectivity index (χ0n) is 24.6. The first-order valence-corrected chi connectivity index (χ1v) is 16.1. The number of nitrogens with zero attached hydrogens (tertiary/aromatic N) is 1. The summed E-state index contributed by atoms with van der Waals surface area (Å²) < 4.78 is 81.1. The molecule has 1 unspecified atom stereocenters. The Hall–Kier alpha value is -2.93. The number of benzene rings is 2. The number of carboxylic acid groups (broad SMARTS) is 1. The lowest BCUT2D eigenvalue weighted by atomic mass is 9.66. The van der Waals surface area contributed by atoms with E-state index in [4.69, 9.17) is 4.74 Å². The van der Waals surface area contributed by atoms with E-state index in [0.29, 0.717) is 38.3 Å². The molecule has 3 N–H and O–H groups in total. The minimum Gasteiger partial charge on any atom is -0.508 e. The van der Waals surface area contributed by atoms with Gasteiger partial charge < -0.3 is 20.1 Å². The largest absolute Gasteiger partial charge is 0.508 e. The molecule has 44 heavy (non-hydrogen) atoms. The van der Waals surface area contributed by atoms with Gasteiger partial charge in [-0.1, -0.05) is 38.0 Å². The molecule has 0 radical (unpaired) electrons. The Morgan fingerprint density at radius 2 is 1.59 bits per heavy atom. The van der Waals surface area contributed by atoms with E-state index < -0.39 is 47.1 Å². The van der Waals surface area contributed by atoms with Crippen LogP contribution in [0.2, 0.25) is 0 Å². The third-order valence-corrected chi connectivity index (χ3v) is 9.63. The molecule has 0 amide bonds. The number of hydrogen-bond acceptors (Lipinski definition) is 6. The van der Waals surface area contributed by atoms with Crippen LogP contribution in [-0.2, 0) is 21.0 Å². The number of phenols is 2. The molecule has 0 fully saturated rings. The molecule has 246 valence electrons. The minimum absolute atomic E-state index is 0.0533. The van der Waals surface area contributed by atoms with Crippen LogP contribution < -0.4 is 4.74 Å². The summed E-state index contributed by atoms with van der Waals surface area (Å²) in [6.07, 6.45) is -4.12. The van der Waals surface area contributed by atoms with Gasteiger partial charge in [-0.2, -0.15) is 22.0 Å². The van der Waals surface area contributed by atoms with Gasteiger partial charge in [0.05, 0.1) is 13.2 Å². The summed E-state index contributed by atoms with van der Waals surface area (Å²) >= 11 is 0. The van der Waals surface area contributed by atoms with Gasteiger partial charge in [0.25, 0.3) is 0 Å². The van der Waals surface area contributed by atoms with Crippen LogP contribution in [0, 0.1) is 0 Å². The van der Waals surface area contributed by atoms with Gasteiger partial charge in [0.2, 0.25) is 0 Å². The molecule has 1 aliphatic heterocycles. The number of phenolic OH excluding ortho intramolecular Hbond substituents is 2. The second-order valence-corrected chi connectivity index (χ2v) is 13.3. The van der Waals surface area contributed by atoms with Crippen LogP contribution in [0.25, 0.3) is 0 Å². The van der Waals surface area contributed by atoms with Crippen LogP contribution in [0.1, 0.15) is 68.9 Å². The molecule has 0 saturated heterocycles. The van der Waals surface area contributed by atoms with E-state index >= 15 is 0 Å². The SMILES string of the molecule is C[C@]1(c2ccc(O)cc2)COc2cc(O)ccc2[C@H]1CCCCCN(CCCS(=O)CCCC(F)(F)C(F)(F)F)CC(=O)O. The lowest BCUT2D eigenvalue weighted by Gasteiger charge is -2.43. The molecular formula is C31H40F5NO6S. The van der Waals surface area contributed by atoms with Gasteiger partial charge in [-0.05, 0) is 68.1 Å². The van der Waals surface area contributed by atoms with Crippen LogP contribution in [0.5, 0.6) is 17.2 Å². The van der Waals surface area contributed by atoms with E-state index in [1.807, 2.05) is 18.2 Å². The van der Waals surface area contributed by atoms with Crippen molar-refractivity contribution < 1.29 is 51.0 Å². The highest BCUT2D eigenvalue weighted by atomic mass is 32.2. The fourth-order valence-corrected chi connectivity index (χ4v) is 6.80. The number of hydrogen-bond donors (Lipinski definition) is 3. The summed E-state index contributed by atoms with van der Waals surface area (Å²) in [5, 5.41) is 29.1. The second-order valence-electron chi connectivity index (χ2n) is 11.6. The van der Waals surface area contributed by atoms with Crippen molar-refractivity contribution in [2.45, 2.75) is 75.3 Å². The third kappa shape index (κ3) is 9.79. The smallest absolute Gasteiger partial charge is 0.453 e. The van der Waals surface area contributed by atoms with Crippen molar-refractivity contribution in [2.75, 3.05) is 37.7 Å². The van der Waals surface area contributed by atoms with Gasteiger partial charge in [-0.15, -0.1) is 0 Å². The molecular weight excluding hydrogens is 609 g/mol. The topological polar surface area (TPSA) is 107 Å². The number of unbranched alkanes of at least 4 members (excludes halogenated alkanes) is 2. The number of carboxylic acids is 1. The Kier molecular flexibility index (Phi) is 12.4. The zero-order valence-corrected chi connectivity index (χ0v) is 25.4. The highest BCUT2D eigenvalue weighted by molar-refractivity contribution is 7.84. The Labute approximate surface area is 256 Å². The molecule has 1 aliphatic rings. The second kappa shape index (κ2) is 15.4. The molecule has 0 saturated carbocycles.